The van der Waals surface area contributed by atoms with E-state index in [2.05, 4.69) is 31.3 Å². The number of halogens is 1. The predicted molar refractivity (Wildman–Crippen MR) is 141 cm³/mol. The highest BCUT2D eigenvalue weighted by atomic mass is 35.5. The molecule has 0 bridgehead atoms. The number of rotatable bonds is 8. The van der Waals surface area contributed by atoms with Crippen LogP contribution < -0.4 is 5.32 Å². The van der Waals surface area contributed by atoms with E-state index in [1.54, 1.807) is 23.3 Å². The van der Waals surface area contributed by atoms with Crippen molar-refractivity contribution in [3.63, 3.8) is 0 Å². The van der Waals surface area contributed by atoms with Crippen LogP contribution in [0.25, 0.3) is 11.6 Å². The molecule has 2 aromatic rings. The Morgan fingerprint density at radius 2 is 1.91 bits per heavy atom. The fourth-order valence-electron chi connectivity index (χ4n) is 2.80. The number of terminal acetylenes is 1. The Balaban J connectivity index is 0.00000265. The molecule has 170 valence electrons. The van der Waals surface area contributed by atoms with Crippen LogP contribution in [0.5, 0.6) is 0 Å². The largest absolute Gasteiger partial charge is 0.478 e. The monoisotopic (exact) mass is 461 g/mol. The molecule has 33 heavy (non-hydrogen) atoms. The van der Waals surface area contributed by atoms with Crippen LogP contribution in [0, 0.1) is 19.8 Å². The van der Waals surface area contributed by atoms with Gasteiger partial charge in [-0.15, -0.1) is 12.8 Å². The van der Waals surface area contributed by atoms with Gasteiger partial charge in [-0.25, -0.2) is 9.79 Å². The van der Waals surface area contributed by atoms with Crippen LogP contribution in [-0.4, -0.2) is 28.9 Å². The number of aryl methyl sites for hydroxylation is 1. The lowest BCUT2D eigenvalue weighted by atomic mass is 10.0. The first-order chi connectivity index (χ1) is 15.7. The Morgan fingerprint density at radius 3 is 2.48 bits per heavy atom. The number of allylic oxidation sites excluding steroid dienone is 2. The molecule has 0 amide bonds. The molecular formula is C27H28ClN3O2. The first kappa shape index (κ1) is 27.0. The second kappa shape index (κ2) is 13.4. The summed E-state index contributed by atoms with van der Waals surface area (Å²) in [6.07, 6.45) is 14.0. The maximum absolute atomic E-state index is 10.8. The Hall–Kier alpha value is -4.01. The average Bonchev–Trinajstić information content (AvgIpc) is 2.81. The third kappa shape index (κ3) is 8.21. The second-order valence-electron chi connectivity index (χ2n) is 6.82. The van der Waals surface area contributed by atoms with Crippen molar-refractivity contribution in [1.29, 1.82) is 0 Å². The smallest absolute Gasteiger partial charge is 0.328 e. The highest BCUT2D eigenvalue weighted by Gasteiger charge is 2.11. The Kier molecular flexibility index (Phi) is 11.0. The van der Waals surface area contributed by atoms with Crippen LogP contribution in [0.15, 0.2) is 84.8 Å². The van der Waals surface area contributed by atoms with Gasteiger partial charge in [-0.1, -0.05) is 55.1 Å². The highest BCUT2D eigenvalue weighted by molar-refractivity contribution is 6.31. The van der Waals surface area contributed by atoms with E-state index in [4.69, 9.17) is 21.7 Å². The molecule has 0 saturated carbocycles. The molecule has 2 rings (SSSR count). The van der Waals surface area contributed by atoms with Gasteiger partial charge in [0.2, 0.25) is 0 Å². The molecule has 0 spiro atoms. The molecule has 0 atom stereocenters. The minimum Gasteiger partial charge on any atom is -0.478 e. The number of hydrogen-bond donors (Lipinski definition) is 2. The molecule has 2 N–H and O–H groups in total. The molecular weight excluding hydrogens is 434 g/mol. The Labute approximate surface area is 201 Å². The van der Waals surface area contributed by atoms with Gasteiger partial charge in [0.15, 0.2) is 0 Å². The maximum atomic E-state index is 10.8. The predicted octanol–water partition coefficient (Wildman–Crippen LogP) is 6.46. The zero-order valence-corrected chi connectivity index (χ0v) is 19.8. The summed E-state index contributed by atoms with van der Waals surface area (Å²) in [7, 11) is 1.85. The van der Waals surface area contributed by atoms with E-state index in [-0.39, 0.29) is 0 Å². The number of aliphatic imine (C=N–C) groups is 1. The number of nitrogens with one attached hydrogen (secondary N) is 1. The van der Waals surface area contributed by atoms with Crippen molar-refractivity contribution < 1.29 is 9.90 Å². The summed E-state index contributed by atoms with van der Waals surface area (Å²) >= 11 is 6.22. The minimum atomic E-state index is -1.00. The van der Waals surface area contributed by atoms with Crippen molar-refractivity contribution in [2.45, 2.75) is 13.8 Å². The van der Waals surface area contributed by atoms with E-state index < -0.39 is 5.97 Å². The third-order valence-electron chi connectivity index (χ3n) is 4.44. The number of amidine groups is 1. The Bertz CT molecular complexity index is 1130. The van der Waals surface area contributed by atoms with Crippen LogP contribution in [0.2, 0.25) is 5.02 Å². The molecule has 0 unspecified atom stereocenters. The van der Waals surface area contributed by atoms with Gasteiger partial charge in [-0.3, -0.25) is 0 Å². The minimum absolute atomic E-state index is 0.632. The fraction of sp³-hybridized carbons (Fsp3) is 0.111. The molecule has 0 fully saturated rings. The van der Waals surface area contributed by atoms with Gasteiger partial charge in [-0.05, 0) is 61.0 Å². The molecule has 0 aliphatic rings. The van der Waals surface area contributed by atoms with Gasteiger partial charge in [0.1, 0.15) is 11.7 Å². The maximum Gasteiger partial charge on any atom is 0.328 e. The quantitative estimate of drug-likeness (QED) is 0.156. The molecule has 0 saturated heterocycles. The molecule has 6 heteroatoms. The summed E-state index contributed by atoms with van der Waals surface area (Å²) in [6.45, 7) is 11.6. The fourth-order valence-corrected chi connectivity index (χ4v) is 2.98. The third-order valence-corrected chi connectivity index (χ3v) is 4.85. The van der Waals surface area contributed by atoms with Crippen molar-refractivity contribution in [3.8, 4) is 12.8 Å². The second-order valence-corrected chi connectivity index (χ2v) is 7.23. The van der Waals surface area contributed by atoms with E-state index >= 15 is 0 Å². The van der Waals surface area contributed by atoms with Gasteiger partial charge in [0, 0.05) is 29.4 Å². The van der Waals surface area contributed by atoms with Gasteiger partial charge >= 0.3 is 5.97 Å². The van der Waals surface area contributed by atoms with Gasteiger partial charge < -0.3 is 15.3 Å². The summed E-state index contributed by atoms with van der Waals surface area (Å²) in [6, 6.07) is 13.2. The number of carboxylic acid groups (broad SMARTS) is 1. The summed E-state index contributed by atoms with van der Waals surface area (Å²) in [5.41, 5.74) is 4.21. The number of anilines is 1. The number of hydrogen-bond acceptors (Lipinski definition) is 3. The van der Waals surface area contributed by atoms with Crippen LogP contribution in [0.1, 0.15) is 23.6 Å². The molecule has 5 nitrogen and oxygen atoms in total. The average molecular weight is 462 g/mol. The first-order valence-corrected chi connectivity index (χ1v) is 10.3. The van der Waals surface area contributed by atoms with Crippen molar-refractivity contribution in [2.75, 3.05) is 12.4 Å². The lowest BCUT2D eigenvalue weighted by molar-refractivity contribution is -0.131. The number of benzene rings is 2. The summed E-state index contributed by atoms with van der Waals surface area (Å²) in [5, 5.41) is 12.8. The SMILES string of the molecule is C#C.C=C/C(=C(\N=C(/C)Nc1ccc(C)c(Cl)c1)N(C)C=C)c1cccc(/C=C/C(=O)O)c1. The van der Waals surface area contributed by atoms with Crippen molar-refractivity contribution >= 4 is 40.7 Å². The summed E-state index contributed by atoms with van der Waals surface area (Å²) in [5.74, 6) is 0.289. The van der Waals surface area contributed by atoms with Crippen molar-refractivity contribution in [1.82, 2.24) is 4.90 Å². The van der Waals surface area contributed by atoms with Crippen molar-refractivity contribution in [2.24, 2.45) is 4.99 Å². The van der Waals surface area contributed by atoms with Crippen LogP contribution >= 0.6 is 11.6 Å². The van der Waals surface area contributed by atoms with E-state index in [0.717, 1.165) is 34.0 Å². The Morgan fingerprint density at radius 1 is 1.21 bits per heavy atom. The van der Waals surface area contributed by atoms with Crippen LogP contribution in [-0.2, 0) is 4.79 Å². The first-order valence-electron chi connectivity index (χ1n) is 9.90. The lowest BCUT2D eigenvalue weighted by Gasteiger charge is -2.19. The van der Waals surface area contributed by atoms with Crippen LogP contribution in [0.3, 0.4) is 0 Å². The topological polar surface area (TPSA) is 64.9 Å². The molecule has 0 aromatic heterocycles. The van der Waals surface area contributed by atoms with E-state index in [1.807, 2.05) is 63.4 Å². The molecule has 2 aromatic carbocycles. The van der Waals surface area contributed by atoms with Crippen molar-refractivity contribution in [3.05, 3.63) is 102 Å². The molecule has 0 aliphatic carbocycles. The number of carbonyl (C=O) groups is 1. The zero-order valence-electron chi connectivity index (χ0n) is 19.0. The van der Waals surface area contributed by atoms with Gasteiger partial charge in [0.05, 0.1) is 0 Å². The van der Waals surface area contributed by atoms with Crippen LogP contribution in [0.4, 0.5) is 5.69 Å². The standard InChI is InChI=1S/C25H26ClN3O2.C2H2/c1-6-22(20-10-8-9-19(15-20)12-14-24(30)31)25(29(5)7-2)28-18(4)27-21-13-11-17(3)23(26)16-21;1-2/h6-16H,1-2H2,3-5H3,(H,27,28)(H,30,31);1-2H/b14-12+,25-22-;. The van der Waals surface area contributed by atoms with E-state index in [1.165, 1.54) is 0 Å². The molecule has 0 radical (unpaired) electrons. The van der Waals surface area contributed by atoms with E-state index in [0.29, 0.717) is 16.7 Å². The van der Waals surface area contributed by atoms with E-state index in [9.17, 15) is 4.79 Å². The number of nitrogens with zero attached hydrogens (tertiary/aromatic N) is 2. The molecule has 0 aliphatic heterocycles. The normalized spacial score (nSPS) is 11.6. The van der Waals surface area contributed by atoms with Gasteiger partial charge in [-0.2, -0.15) is 0 Å². The highest BCUT2D eigenvalue weighted by Crippen LogP contribution is 2.25. The summed E-state index contributed by atoms with van der Waals surface area (Å²) in [4.78, 5) is 17.4. The number of aliphatic carboxylic acids is 1. The lowest BCUT2D eigenvalue weighted by Crippen LogP contribution is -2.15. The molecule has 0 heterocycles. The number of carboxylic acids is 1. The van der Waals surface area contributed by atoms with Gasteiger partial charge in [0.25, 0.3) is 0 Å². The summed E-state index contributed by atoms with van der Waals surface area (Å²) < 4.78 is 0. The zero-order chi connectivity index (χ0) is 25.0.